The molecule has 0 fully saturated rings. The van der Waals surface area contributed by atoms with Gasteiger partial charge in [0.25, 0.3) is 0 Å². The molecule has 0 saturated heterocycles. The maximum absolute atomic E-state index is 3.51. The summed E-state index contributed by atoms with van der Waals surface area (Å²) in [6.45, 7) is 5.51. The molecule has 0 bridgehead atoms. The lowest BCUT2D eigenvalue weighted by atomic mass is 10.1. The van der Waals surface area contributed by atoms with Crippen molar-refractivity contribution in [2.45, 2.75) is 19.9 Å². The van der Waals surface area contributed by atoms with Gasteiger partial charge in [-0.2, -0.15) is 11.8 Å². The summed E-state index contributed by atoms with van der Waals surface area (Å²) >= 11 is 1.98. The molecule has 1 atom stereocenters. The first kappa shape index (κ1) is 11.6. The van der Waals surface area contributed by atoms with Gasteiger partial charge in [0.2, 0.25) is 0 Å². The first-order chi connectivity index (χ1) is 6.84. The highest BCUT2D eigenvalue weighted by Gasteiger charge is 2.01. The molecule has 0 unspecified atom stereocenters. The third kappa shape index (κ3) is 4.16. The van der Waals surface area contributed by atoms with Crippen molar-refractivity contribution < 1.29 is 0 Å². The lowest BCUT2D eigenvalue weighted by Crippen LogP contribution is -2.21. The molecular formula is C12H19NS. The first-order valence-corrected chi connectivity index (χ1v) is 6.36. The Morgan fingerprint density at radius 1 is 1.29 bits per heavy atom. The minimum atomic E-state index is 0.466. The van der Waals surface area contributed by atoms with E-state index in [1.165, 1.54) is 17.1 Å². The fourth-order valence-corrected chi connectivity index (χ4v) is 1.90. The summed E-state index contributed by atoms with van der Waals surface area (Å²) in [4.78, 5) is 0. The Morgan fingerprint density at radius 2 is 2.00 bits per heavy atom. The van der Waals surface area contributed by atoms with Crippen LogP contribution in [0.5, 0.6) is 0 Å². The summed E-state index contributed by atoms with van der Waals surface area (Å²) in [5.74, 6) is 2.41. The van der Waals surface area contributed by atoms with E-state index >= 15 is 0 Å². The lowest BCUT2D eigenvalue weighted by Gasteiger charge is -2.13. The average molecular weight is 209 g/mol. The molecule has 14 heavy (non-hydrogen) atoms. The van der Waals surface area contributed by atoms with Gasteiger partial charge in [0.05, 0.1) is 0 Å². The maximum atomic E-state index is 3.51. The maximum Gasteiger partial charge on any atom is 0.0292 e. The molecule has 0 aliphatic carbocycles. The standard InChI is InChI=1S/C12H19NS/c1-3-14-10-9-13-11(2)12-7-5-4-6-8-12/h4-8,11,13H,3,9-10H2,1-2H3/t11-/m0/s1. The Kier molecular flexibility index (Phi) is 5.72. The summed E-state index contributed by atoms with van der Waals surface area (Å²) in [5.41, 5.74) is 1.37. The normalized spacial score (nSPS) is 12.7. The monoisotopic (exact) mass is 209 g/mol. The average Bonchev–Trinajstić information content (AvgIpc) is 2.25. The number of rotatable bonds is 6. The van der Waals surface area contributed by atoms with Crippen molar-refractivity contribution in [1.29, 1.82) is 0 Å². The topological polar surface area (TPSA) is 12.0 Å². The molecule has 0 heterocycles. The molecule has 2 heteroatoms. The Hall–Kier alpha value is -0.470. The van der Waals surface area contributed by atoms with E-state index in [4.69, 9.17) is 0 Å². The van der Waals surface area contributed by atoms with Crippen molar-refractivity contribution in [1.82, 2.24) is 5.32 Å². The van der Waals surface area contributed by atoms with Crippen LogP contribution >= 0.6 is 11.8 Å². The second kappa shape index (κ2) is 6.91. The molecule has 1 rings (SSSR count). The van der Waals surface area contributed by atoms with E-state index in [2.05, 4.69) is 49.5 Å². The van der Waals surface area contributed by atoms with Crippen LogP contribution in [0.15, 0.2) is 30.3 Å². The fourth-order valence-electron chi connectivity index (χ4n) is 1.35. The SMILES string of the molecule is CCSCCN[C@@H](C)c1ccccc1. The van der Waals surface area contributed by atoms with Crippen molar-refractivity contribution in [3.05, 3.63) is 35.9 Å². The van der Waals surface area contributed by atoms with Crippen LogP contribution in [0.3, 0.4) is 0 Å². The highest BCUT2D eigenvalue weighted by atomic mass is 32.2. The van der Waals surface area contributed by atoms with Gasteiger partial charge in [-0.15, -0.1) is 0 Å². The van der Waals surface area contributed by atoms with Crippen molar-refractivity contribution in [3.63, 3.8) is 0 Å². The van der Waals surface area contributed by atoms with Gasteiger partial charge in [-0.1, -0.05) is 37.3 Å². The largest absolute Gasteiger partial charge is 0.309 e. The van der Waals surface area contributed by atoms with E-state index in [1.54, 1.807) is 0 Å². The summed E-state index contributed by atoms with van der Waals surface area (Å²) in [6, 6.07) is 11.1. The summed E-state index contributed by atoms with van der Waals surface area (Å²) in [7, 11) is 0. The predicted molar refractivity (Wildman–Crippen MR) is 65.9 cm³/mol. The van der Waals surface area contributed by atoms with Crippen molar-refractivity contribution >= 4 is 11.8 Å². The van der Waals surface area contributed by atoms with Crippen LogP contribution in [0.4, 0.5) is 0 Å². The molecule has 0 radical (unpaired) electrons. The minimum Gasteiger partial charge on any atom is -0.309 e. The molecule has 0 amide bonds. The highest BCUT2D eigenvalue weighted by Crippen LogP contribution is 2.10. The first-order valence-electron chi connectivity index (χ1n) is 5.20. The molecule has 0 aromatic heterocycles. The molecule has 0 aliphatic heterocycles. The van der Waals surface area contributed by atoms with E-state index in [0.29, 0.717) is 6.04 Å². The van der Waals surface area contributed by atoms with Gasteiger partial charge in [-0.3, -0.25) is 0 Å². The minimum absolute atomic E-state index is 0.466. The molecule has 1 nitrogen and oxygen atoms in total. The third-order valence-corrected chi connectivity index (χ3v) is 3.10. The van der Waals surface area contributed by atoms with Crippen LogP contribution in [0.2, 0.25) is 0 Å². The number of benzene rings is 1. The van der Waals surface area contributed by atoms with Crippen LogP contribution in [-0.4, -0.2) is 18.1 Å². The van der Waals surface area contributed by atoms with Gasteiger partial charge in [-0.25, -0.2) is 0 Å². The Morgan fingerprint density at radius 3 is 2.64 bits per heavy atom. The Labute approximate surface area is 91.3 Å². The smallest absolute Gasteiger partial charge is 0.0292 e. The number of hydrogen-bond acceptors (Lipinski definition) is 2. The quantitative estimate of drug-likeness (QED) is 0.723. The second-order valence-electron chi connectivity index (χ2n) is 3.28. The van der Waals surface area contributed by atoms with Gasteiger partial charge >= 0.3 is 0 Å². The zero-order valence-electron chi connectivity index (χ0n) is 8.99. The number of nitrogens with one attached hydrogen (secondary N) is 1. The van der Waals surface area contributed by atoms with E-state index in [-0.39, 0.29) is 0 Å². The van der Waals surface area contributed by atoms with E-state index < -0.39 is 0 Å². The van der Waals surface area contributed by atoms with Crippen molar-refractivity contribution in [2.75, 3.05) is 18.1 Å². The van der Waals surface area contributed by atoms with Crippen LogP contribution in [0.25, 0.3) is 0 Å². The van der Waals surface area contributed by atoms with E-state index in [9.17, 15) is 0 Å². The fraction of sp³-hybridized carbons (Fsp3) is 0.500. The number of thioether (sulfide) groups is 1. The molecule has 0 saturated carbocycles. The van der Waals surface area contributed by atoms with Gasteiger partial charge in [-0.05, 0) is 18.2 Å². The van der Waals surface area contributed by atoms with Crippen LogP contribution in [0.1, 0.15) is 25.5 Å². The summed E-state index contributed by atoms with van der Waals surface area (Å²) < 4.78 is 0. The molecule has 0 aliphatic rings. The molecule has 1 aromatic rings. The zero-order valence-corrected chi connectivity index (χ0v) is 9.81. The molecule has 1 N–H and O–H groups in total. The van der Waals surface area contributed by atoms with Crippen LogP contribution in [-0.2, 0) is 0 Å². The molecular weight excluding hydrogens is 190 g/mol. The van der Waals surface area contributed by atoms with Gasteiger partial charge < -0.3 is 5.32 Å². The van der Waals surface area contributed by atoms with Crippen molar-refractivity contribution in [3.8, 4) is 0 Å². The summed E-state index contributed by atoms with van der Waals surface area (Å²) in [6.07, 6.45) is 0. The van der Waals surface area contributed by atoms with Crippen molar-refractivity contribution in [2.24, 2.45) is 0 Å². The number of hydrogen-bond donors (Lipinski definition) is 1. The Balaban J connectivity index is 2.25. The zero-order chi connectivity index (χ0) is 10.2. The lowest BCUT2D eigenvalue weighted by molar-refractivity contribution is 0.601. The summed E-state index contributed by atoms with van der Waals surface area (Å²) in [5, 5.41) is 3.51. The Bertz CT molecular complexity index is 235. The van der Waals surface area contributed by atoms with Crippen LogP contribution < -0.4 is 5.32 Å². The highest BCUT2D eigenvalue weighted by molar-refractivity contribution is 7.99. The van der Waals surface area contributed by atoms with E-state index in [1.807, 2.05) is 11.8 Å². The van der Waals surface area contributed by atoms with Gasteiger partial charge in [0.15, 0.2) is 0 Å². The van der Waals surface area contributed by atoms with E-state index in [0.717, 1.165) is 6.54 Å². The molecule has 78 valence electrons. The van der Waals surface area contributed by atoms with Gasteiger partial charge in [0.1, 0.15) is 0 Å². The predicted octanol–water partition coefficient (Wildman–Crippen LogP) is 3.09. The molecule has 1 aromatic carbocycles. The van der Waals surface area contributed by atoms with Crippen LogP contribution in [0, 0.1) is 0 Å². The van der Waals surface area contributed by atoms with Gasteiger partial charge in [0, 0.05) is 18.3 Å². The second-order valence-corrected chi connectivity index (χ2v) is 4.68. The molecule has 0 spiro atoms. The third-order valence-electron chi connectivity index (χ3n) is 2.20.